The molecule has 2 fully saturated rings. The van der Waals surface area contributed by atoms with Gasteiger partial charge in [-0.2, -0.15) is 0 Å². The first-order valence-corrected chi connectivity index (χ1v) is 8.25. The van der Waals surface area contributed by atoms with Gasteiger partial charge in [0.05, 0.1) is 4.92 Å². The van der Waals surface area contributed by atoms with Gasteiger partial charge < -0.3 is 5.32 Å². The molecular weight excluding hydrogens is 274 g/mol. The molecule has 110 valence electrons. The summed E-state index contributed by atoms with van der Waals surface area (Å²) < 4.78 is 0. The molecule has 0 saturated carbocycles. The van der Waals surface area contributed by atoms with Crippen molar-refractivity contribution in [2.24, 2.45) is 0 Å². The van der Waals surface area contributed by atoms with Gasteiger partial charge in [-0.15, -0.1) is 0 Å². The molecular formula is C14H21N3O2S. The van der Waals surface area contributed by atoms with Gasteiger partial charge in [-0.3, -0.25) is 15.0 Å². The van der Waals surface area contributed by atoms with E-state index in [2.05, 4.69) is 17.1 Å². The lowest BCUT2D eigenvalue weighted by atomic mass is 9.98. The van der Waals surface area contributed by atoms with E-state index in [1.165, 1.54) is 37.0 Å². The lowest BCUT2D eigenvalue weighted by Gasteiger charge is -2.37. The van der Waals surface area contributed by atoms with Crippen molar-refractivity contribution in [3.05, 3.63) is 27.1 Å². The molecule has 0 aromatic carbocycles. The number of nitrogens with one attached hydrogen (secondary N) is 1. The van der Waals surface area contributed by atoms with Crippen LogP contribution in [0.3, 0.4) is 0 Å². The van der Waals surface area contributed by atoms with Gasteiger partial charge >= 0.3 is 5.00 Å². The number of hydrogen-bond acceptors (Lipinski definition) is 5. The van der Waals surface area contributed by atoms with Crippen molar-refractivity contribution in [1.29, 1.82) is 0 Å². The zero-order valence-electron chi connectivity index (χ0n) is 11.7. The number of rotatable bonds is 5. The summed E-state index contributed by atoms with van der Waals surface area (Å²) in [7, 11) is 0. The highest BCUT2D eigenvalue weighted by molar-refractivity contribution is 7.13. The van der Waals surface area contributed by atoms with Crippen LogP contribution in [0.2, 0.25) is 0 Å². The molecule has 1 N–H and O–H groups in total. The molecule has 2 saturated heterocycles. The van der Waals surface area contributed by atoms with Crippen LogP contribution in [0.5, 0.6) is 0 Å². The Labute approximate surface area is 123 Å². The van der Waals surface area contributed by atoms with Crippen molar-refractivity contribution < 1.29 is 4.92 Å². The smallest absolute Gasteiger partial charge is 0.311 e. The standard InChI is InChI=1S/C14H21N3O2S/c1-2-16(8-10-5-14(17(18)19)20-9-10)13-6-11-3-4-12(7-13)15-11/h5,9,11-13,15H,2-4,6-8H2,1H3. The Balaban J connectivity index is 1.65. The van der Waals surface area contributed by atoms with Gasteiger partial charge in [0.25, 0.3) is 0 Å². The Bertz CT molecular complexity index is 479. The average molecular weight is 295 g/mol. The lowest BCUT2D eigenvalue weighted by molar-refractivity contribution is -0.380. The van der Waals surface area contributed by atoms with Crippen molar-refractivity contribution in [1.82, 2.24) is 10.2 Å². The fourth-order valence-corrected chi connectivity index (χ4v) is 4.32. The maximum absolute atomic E-state index is 10.8. The van der Waals surface area contributed by atoms with Crippen LogP contribution in [0.25, 0.3) is 0 Å². The first kappa shape index (κ1) is 14.0. The number of hydrogen-bond donors (Lipinski definition) is 1. The van der Waals surface area contributed by atoms with E-state index < -0.39 is 0 Å². The molecule has 0 amide bonds. The quantitative estimate of drug-likeness (QED) is 0.670. The summed E-state index contributed by atoms with van der Waals surface area (Å²) >= 11 is 1.23. The van der Waals surface area contributed by atoms with Gasteiger partial charge in [0.2, 0.25) is 0 Å². The molecule has 6 heteroatoms. The summed E-state index contributed by atoms with van der Waals surface area (Å²) in [6.45, 7) is 4.03. The zero-order valence-corrected chi connectivity index (χ0v) is 12.6. The summed E-state index contributed by atoms with van der Waals surface area (Å²) in [6.07, 6.45) is 5.05. The minimum absolute atomic E-state index is 0.251. The number of nitro groups is 1. The maximum Gasteiger partial charge on any atom is 0.324 e. The molecule has 3 rings (SSSR count). The minimum Gasteiger partial charge on any atom is -0.311 e. The number of nitrogens with zero attached hydrogens (tertiary/aromatic N) is 2. The SMILES string of the molecule is CCN(Cc1csc([N+](=O)[O-])c1)C1CC2CCC(C1)N2. The maximum atomic E-state index is 10.8. The van der Waals surface area contributed by atoms with Gasteiger partial charge in [-0.05, 0) is 37.8 Å². The number of piperidine rings is 1. The molecule has 0 spiro atoms. The fourth-order valence-electron chi connectivity index (χ4n) is 3.60. The second-order valence-corrected chi connectivity index (χ2v) is 6.77. The second-order valence-electron chi connectivity index (χ2n) is 5.88. The van der Waals surface area contributed by atoms with Gasteiger partial charge in [-0.1, -0.05) is 18.3 Å². The summed E-state index contributed by atoms with van der Waals surface area (Å²) in [5, 5.41) is 16.6. The first-order chi connectivity index (χ1) is 9.65. The van der Waals surface area contributed by atoms with Crippen LogP contribution in [0, 0.1) is 10.1 Å². The first-order valence-electron chi connectivity index (χ1n) is 7.37. The Hall–Kier alpha value is -0.980. The van der Waals surface area contributed by atoms with Crippen LogP contribution in [0.4, 0.5) is 5.00 Å². The van der Waals surface area contributed by atoms with Crippen LogP contribution < -0.4 is 5.32 Å². The molecule has 5 nitrogen and oxygen atoms in total. The highest BCUT2D eigenvalue weighted by atomic mass is 32.1. The third-order valence-electron chi connectivity index (χ3n) is 4.58. The molecule has 2 atom stereocenters. The predicted octanol–water partition coefficient (Wildman–Crippen LogP) is 2.76. The van der Waals surface area contributed by atoms with Gasteiger partial charge in [0.15, 0.2) is 0 Å². The van der Waals surface area contributed by atoms with E-state index in [9.17, 15) is 10.1 Å². The molecule has 20 heavy (non-hydrogen) atoms. The monoisotopic (exact) mass is 295 g/mol. The van der Waals surface area contributed by atoms with Crippen molar-refractivity contribution in [3.8, 4) is 0 Å². The van der Waals surface area contributed by atoms with E-state index in [-0.39, 0.29) is 9.92 Å². The molecule has 2 aliphatic rings. The van der Waals surface area contributed by atoms with E-state index >= 15 is 0 Å². The van der Waals surface area contributed by atoms with E-state index in [0.29, 0.717) is 18.1 Å². The van der Waals surface area contributed by atoms with E-state index in [4.69, 9.17) is 0 Å². The van der Waals surface area contributed by atoms with E-state index in [1.54, 1.807) is 6.07 Å². The number of fused-ring (bicyclic) bond motifs is 2. The topological polar surface area (TPSA) is 58.4 Å². The fraction of sp³-hybridized carbons (Fsp3) is 0.714. The third-order valence-corrected chi connectivity index (χ3v) is 5.51. The van der Waals surface area contributed by atoms with Crippen LogP contribution >= 0.6 is 11.3 Å². The van der Waals surface area contributed by atoms with Crippen molar-refractivity contribution in [3.63, 3.8) is 0 Å². The highest BCUT2D eigenvalue weighted by Gasteiger charge is 2.35. The van der Waals surface area contributed by atoms with Gasteiger partial charge in [0.1, 0.15) is 0 Å². The van der Waals surface area contributed by atoms with Crippen molar-refractivity contribution in [2.45, 2.75) is 57.3 Å². The molecule has 0 aliphatic carbocycles. The Morgan fingerprint density at radius 2 is 2.15 bits per heavy atom. The molecule has 2 bridgehead atoms. The lowest BCUT2D eigenvalue weighted by Crippen LogP contribution is -2.47. The van der Waals surface area contributed by atoms with Crippen LogP contribution in [-0.4, -0.2) is 34.5 Å². The number of thiophene rings is 1. The molecule has 2 aliphatic heterocycles. The van der Waals surface area contributed by atoms with Gasteiger partial charge in [-0.25, -0.2) is 0 Å². The second kappa shape index (κ2) is 5.79. The largest absolute Gasteiger partial charge is 0.324 e. The Kier molecular flexibility index (Phi) is 4.05. The van der Waals surface area contributed by atoms with Crippen LogP contribution in [-0.2, 0) is 6.54 Å². The average Bonchev–Trinajstić information content (AvgIpc) is 3.03. The predicted molar refractivity (Wildman–Crippen MR) is 80.0 cm³/mol. The van der Waals surface area contributed by atoms with E-state index in [1.807, 2.05) is 5.38 Å². The molecule has 1 aromatic heterocycles. The zero-order chi connectivity index (χ0) is 14.1. The Morgan fingerprint density at radius 3 is 2.70 bits per heavy atom. The van der Waals surface area contributed by atoms with Crippen molar-refractivity contribution in [2.75, 3.05) is 6.54 Å². The van der Waals surface area contributed by atoms with Crippen LogP contribution in [0.1, 0.15) is 38.2 Å². The summed E-state index contributed by atoms with van der Waals surface area (Å²) in [4.78, 5) is 12.9. The summed E-state index contributed by atoms with van der Waals surface area (Å²) in [5.74, 6) is 0. The van der Waals surface area contributed by atoms with Crippen LogP contribution in [0.15, 0.2) is 11.4 Å². The van der Waals surface area contributed by atoms with E-state index in [0.717, 1.165) is 18.7 Å². The molecule has 1 aromatic rings. The molecule has 2 unspecified atom stereocenters. The Morgan fingerprint density at radius 1 is 1.45 bits per heavy atom. The molecule has 0 radical (unpaired) electrons. The third kappa shape index (κ3) is 2.87. The normalized spacial score (nSPS) is 29.0. The van der Waals surface area contributed by atoms with Crippen molar-refractivity contribution >= 4 is 16.3 Å². The molecule has 3 heterocycles. The van der Waals surface area contributed by atoms with Gasteiger partial charge in [0, 0.05) is 36.1 Å². The summed E-state index contributed by atoms with van der Waals surface area (Å²) in [6, 6.07) is 3.72. The highest BCUT2D eigenvalue weighted by Crippen LogP contribution is 2.31. The summed E-state index contributed by atoms with van der Waals surface area (Å²) in [5.41, 5.74) is 1.08. The minimum atomic E-state index is -0.296.